The third-order valence-electron chi connectivity index (χ3n) is 3.01. The van der Waals surface area contributed by atoms with Gasteiger partial charge in [0.2, 0.25) is 0 Å². The Morgan fingerprint density at radius 3 is 2.58 bits per heavy atom. The Morgan fingerprint density at radius 2 is 1.89 bits per heavy atom. The minimum Gasteiger partial charge on any atom is -0.508 e. The molecule has 0 fully saturated rings. The minimum absolute atomic E-state index is 0.149. The Labute approximate surface area is 112 Å². The molecule has 0 spiro atoms. The van der Waals surface area contributed by atoms with Crippen LogP contribution in [0.2, 0.25) is 0 Å². The molecule has 3 nitrogen and oxygen atoms in total. The molecule has 19 heavy (non-hydrogen) atoms. The second-order valence-electron chi connectivity index (χ2n) is 4.49. The molecule has 3 heteroatoms. The summed E-state index contributed by atoms with van der Waals surface area (Å²) in [6.07, 6.45) is 0.796. The molecule has 0 aliphatic rings. The van der Waals surface area contributed by atoms with Crippen LogP contribution in [0.4, 0.5) is 0 Å². The van der Waals surface area contributed by atoms with Crippen LogP contribution in [-0.4, -0.2) is 17.6 Å². The van der Waals surface area contributed by atoms with Crippen LogP contribution in [-0.2, 0) is 6.42 Å². The summed E-state index contributed by atoms with van der Waals surface area (Å²) in [4.78, 5) is 11.9. The van der Waals surface area contributed by atoms with Crippen LogP contribution in [0.1, 0.15) is 21.5 Å². The van der Waals surface area contributed by atoms with E-state index in [0.717, 1.165) is 12.0 Å². The van der Waals surface area contributed by atoms with Crippen LogP contribution in [0.5, 0.6) is 5.75 Å². The van der Waals surface area contributed by atoms with Gasteiger partial charge in [0.25, 0.3) is 5.91 Å². The minimum atomic E-state index is -0.161. The van der Waals surface area contributed by atoms with Gasteiger partial charge in [0, 0.05) is 12.1 Å². The summed E-state index contributed by atoms with van der Waals surface area (Å²) >= 11 is 0. The number of rotatable bonds is 4. The van der Waals surface area contributed by atoms with Gasteiger partial charge in [-0.1, -0.05) is 36.4 Å². The Kier molecular flexibility index (Phi) is 4.18. The van der Waals surface area contributed by atoms with Crippen molar-refractivity contribution in [3.63, 3.8) is 0 Å². The fourth-order valence-electron chi connectivity index (χ4n) is 1.82. The lowest BCUT2D eigenvalue weighted by atomic mass is 10.1. The number of aromatic hydroxyl groups is 1. The van der Waals surface area contributed by atoms with Crippen molar-refractivity contribution in [2.45, 2.75) is 13.3 Å². The van der Waals surface area contributed by atoms with Crippen LogP contribution in [0.15, 0.2) is 48.5 Å². The molecule has 0 aliphatic heterocycles. The maximum absolute atomic E-state index is 11.9. The van der Waals surface area contributed by atoms with E-state index in [1.54, 1.807) is 19.1 Å². The fourth-order valence-corrected chi connectivity index (χ4v) is 1.82. The molecular weight excluding hydrogens is 238 g/mol. The Hall–Kier alpha value is -2.29. The van der Waals surface area contributed by atoms with E-state index >= 15 is 0 Å². The molecule has 2 aromatic carbocycles. The van der Waals surface area contributed by atoms with E-state index in [1.165, 1.54) is 11.6 Å². The lowest BCUT2D eigenvalue weighted by molar-refractivity contribution is 0.0953. The molecule has 0 aromatic heterocycles. The Bertz CT molecular complexity index is 564. The standard InChI is InChI=1S/C16H17NO2/c1-12-7-8-14(11-15(12)18)16(19)17-10-9-13-5-3-2-4-6-13/h2-8,11,18H,9-10H2,1H3,(H,17,19). The monoisotopic (exact) mass is 255 g/mol. The normalized spacial score (nSPS) is 10.2. The zero-order valence-electron chi connectivity index (χ0n) is 10.9. The third kappa shape index (κ3) is 3.58. The van der Waals surface area contributed by atoms with Crippen LogP contribution >= 0.6 is 0 Å². The van der Waals surface area contributed by atoms with E-state index in [2.05, 4.69) is 5.32 Å². The molecule has 2 rings (SSSR count). The first-order chi connectivity index (χ1) is 9.16. The highest BCUT2D eigenvalue weighted by molar-refractivity contribution is 5.94. The van der Waals surface area contributed by atoms with Gasteiger partial charge in [-0.05, 0) is 36.6 Å². The highest BCUT2D eigenvalue weighted by Gasteiger charge is 2.06. The first-order valence-corrected chi connectivity index (χ1v) is 6.28. The molecule has 0 atom stereocenters. The lowest BCUT2D eigenvalue weighted by Gasteiger charge is -2.06. The van der Waals surface area contributed by atoms with Crippen molar-refractivity contribution in [2.24, 2.45) is 0 Å². The SMILES string of the molecule is Cc1ccc(C(=O)NCCc2ccccc2)cc1O. The number of nitrogens with one attached hydrogen (secondary N) is 1. The summed E-state index contributed by atoms with van der Waals surface area (Å²) in [6, 6.07) is 14.9. The molecule has 98 valence electrons. The summed E-state index contributed by atoms with van der Waals surface area (Å²) in [6.45, 7) is 2.38. The number of benzene rings is 2. The van der Waals surface area contributed by atoms with Crippen molar-refractivity contribution in [1.29, 1.82) is 0 Å². The van der Waals surface area contributed by atoms with E-state index in [-0.39, 0.29) is 11.7 Å². The molecule has 0 saturated carbocycles. The number of aryl methyl sites for hydroxylation is 1. The Balaban J connectivity index is 1.89. The van der Waals surface area contributed by atoms with E-state index in [1.807, 2.05) is 30.3 Å². The summed E-state index contributed by atoms with van der Waals surface area (Å²) in [5.74, 6) is -0.0121. The topological polar surface area (TPSA) is 49.3 Å². The fraction of sp³-hybridized carbons (Fsp3) is 0.188. The number of carbonyl (C=O) groups excluding carboxylic acids is 1. The molecule has 0 saturated heterocycles. The van der Waals surface area contributed by atoms with Gasteiger partial charge < -0.3 is 10.4 Å². The van der Waals surface area contributed by atoms with Gasteiger partial charge in [0.1, 0.15) is 5.75 Å². The predicted octanol–water partition coefficient (Wildman–Crippen LogP) is 2.67. The summed E-state index contributed by atoms with van der Waals surface area (Å²) in [5, 5.41) is 12.4. The zero-order valence-corrected chi connectivity index (χ0v) is 10.9. The molecule has 0 bridgehead atoms. The van der Waals surface area contributed by atoms with Crippen molar-refractivity contribution in [3.8, 4) is 5.75 Å². The molecular formula is C16H17NO2. The molecule has 0 radical (unpaired) electrons. The largest absolute Gasteiger partial charge is 0.508 e. The van der Waals surface area contributed by atoms with Crippen molar-refractivity contribution in [1.82, 2.24) is 5.32 Å². The van der Waals surface area contributed by atoms with E-state index in [4.69, 9.17) is 0 Å². The highest BCUT2D eigenvalue weighted by Crippen LogP contribution is 2.17. The second-order valence-corrected chi connectivity index (χ2v) is 4.49. The average molecular weight is 255 g/mol. The number of amides is 1. The van der Waals surface area contributed by atoms with Crippen molar-refractivity contribution in [3.05, 3.63) is 65.2 Å². The number of carbonyl (C=O) groups is 1. The van der Waals surface area contributed by atoms with E-state index < -0.39 is 0 Å². The Morgan fingerprint density at radius 1 is 1.16 bits per heavy atom. The molecule has 2 aromatic rings. The number of phenolic OH excluding ortho intramolecular Hbond substituents is 1. The second kappa shape index (κ2) is 6.05. The lowest BCUT2D eigenvalue weighted by Crippen LogP contribution is -2.25. The molecule has 0 heterocycles. The van der Waals surface area contributed by atoms with Gasteiger partial charge in [-0.25, -0.2) is 0 Å². The molecule has 1 amide bonds. The molecule has 2 N–H and O–H groups in total. The molecule has 0 aliphatic carbocycles. The van der Waals surface area contributed by atoms with Crippen molar-refractivity contribution >= 4 is 5.91 Å². The number of hydrogen-bond donors (Lipinski definition) is 2. The first kappa shape index (κ1) is 13.1. The third-order valence-corrected chi connectivity index (χ3v) is 3.01. The molecule has 0 unspecified atom stereocenters. The maximum atomic E-state index is 11.9. The van der Waals surface area contributed by atoms with Crippen LogP contribution in [0.3, 0.4) is 0 Å². The number of hydrogen-bond acceptors (Lipinski definition) is 2. The van der Waals surface area contributed by atoms with Gasteiger partial charge >= 0.3 is 0 Å². The quantitative estimate of drug-likeness (QED) is 0.882. The van der Waals surface area contributed by atoms with Gasteiger partial charge in [0.05, 0.1) is 0 Å². The van der Waals surface area contributed by atoms with Crippen LogP contribution < -0.4 is 5.32 Å². The van der Waals surface area contributed by atoms with Crippen LogP contribution in [0.25, 0.3) is 0 Å². The predicted molar refractivity (Wildman–Crippen MR) is 75.3 cm³/mol. The maximum Gasteiger partial charge on any atom is 0.251 e. The van der Waals surface area contributed by atoms with Crippen LogP contribution in [0, 0.1) is 6.92 Å². The van der Waals surface area contributed by atoms with Crippen molar-refractivity contribution in [2.75, 3.05) is 6.54 Å². The van der Waals surface area contributed by atoms with Gasteiger partial charge in [0.15, 0.2) is 0 Å². The summed E-state index contributed by atoms with van der Waals surface area (Å²) in [7, 11) is 0. The van der Waals surface area contributed by atoms with Gasteiger partial charge in [-0.15, -0.1) is 0 Å². The van der Waals surface area contributed by atoms with Gasteiger partial charge in [-0.3, -0.25) is 4.79 Å². The summed E-state index contributed by atoms with van der Waals surface area (Å²) < 4.78 is 0. The first-order valence-electron chi connectivity index (χ1n) is 6.28. The average Bonchev–Trinajstić information content (AvgIpc) is 2.43. The van der Waals surface area contributed by atoms with Crippen molar-refractivity contribution < 1.29 is 9.90 Å². The smallest absolute Gasteiger partial charge is 0.251 e. The van der Waals surface area contributed by atoms with Gasteiger partial charge in [-0.2, -0.15) is 0 Å². The van der Waals surface area contributed by atoms with E-state index in [0.29, 0.717) is 12.1 Å². The summed E-state index contributed by atoms with van der Waals surface area (Å²) in [5.41, 5.74) is 2.44. The highest BCUT2D eigenvalue weighted by atomic mass is 16.3. The number of phenols is 1. The van der Waals surface area contributed by atoms with E-state index in [9.17, 15) is 9.90 Å². The zero-order chi connectivity index (χ0) is 13.7.